The number of nitrogens with zero attached hydrogens (tertiary/aromatic N) is 2. The van der Waals surface area contributed by atoms with Crippen LogP contribution in [0.1, 0.15) is 19.3 Å². The molecule has 0 aromatic carbocycles. The van der Waals surface area contributed by atoms with E-state index in [0.29, 0.717) is 11.1 Å². The van der Waals surface area contributed by atoms with Crippen LogP contribution in [-0.2, 0) is 4.79 Å². The predicted octanol–water partition coefficient (Wildman–Crippen LogP) is 2.60. The van der Waals surface area contributed by atoms with E-state index < -0.39 is 0 Å². The molecule has 0 spiro atoms. The van der Waals surface area contributed by atoms with Gasteiger partial charge in [-0.25, -0.2) is 4.98 Å². The quantitative estimate of drug-likeness (QED) is 0.917. The fourth-order valence-corrected chi connectivity index (χ4v) is 3.24. The Labute approximate surface area is 125 Å². The highest BCUT2D eigenvalue weighted by Gasteiger charge is 2.33. The number of carbonyl (C=O) groups is 1. The van der Waals surface area contributed by atoms with Crippen molar-refractivity contribution < 1.29 is 4.79 Å². The second-order valence-electron chi connectivity index (χ2n) is 5.17. The van der Waals surface area contributed by atoms with Crippen molar-refractivity contribution in [3.8, 4) is 0 Å². The largest absolute Gasteiger partial charge is 0.355 e. The molecule has 1 aromatic rings. The van der Waals surface area contributed by atoms with Crippen molar-refractivity contribution in [2.45, 2.75) is 25.3 Å². The zero-order valence-corrected chi connectivity index (χ0v) is 12.7. The van der Waals surface area contributed by atoms with E-state index in [9.17, 15) is 4.79 Å². The summed E-state index contributed by atoms with van der Waals surface area (Å²) in [4.78, 5) is 18.5. The van der Waals surface area contributed by atoms with Crippen LogP contribution in [0.15, 0.2) is 16.7 Å². The molecule has 2 fully saturated rings. The molecule has 1 aromatic heterocycles. The normalized spacial score (nSPS) is 22.6. The summed E-state index contributed by atoms with van der Waals surface area (Å²) in [5.74, 6) is 1.13. The van der Waals surface area contributed by atoms with E-state index in [1.54, 1.807) is 6.20 Å². The number of anilines is 1. The Hall–Kier alpha value is -0.810. The van der Waals surface area contributed by atoms with E-state index in [4.69, 9.17) is 11.6 Å². The molecule has 3 rings (SSSR count). The molecule has 6 heteroatoms. The SMILES string of the molecule is O=C(NC1CC1)C1CCN(c2ncc(Cl)cc2Br)C1. The van der Waals surface area contributed by atoms with Crippen molar-refractivity contribution in [1.29, 1.82) is 0 Å². The first-order valence-corrected chi connectivity index (χ1v) is 7.67. The predicted molar refractivity (Wildman–Crippen MR) is 78.4 cm³/mol. The molecule has 102 valence electrons. The lowest BCUT2D eigenvalue weighted by molar-refractivity contribution is -0.124. The maximum Gasteiger partial charge on any atom is 0.225 e. The topological polar surface area (TPSA) is 45.2 Å². The van der Waals surface area contributed by atoms with Crippen LogP contribution in [0.25, 0.3) is 0 Å². The Morgan fingerprint density at radius 2 is 2.26 bits per heavy atom. The van der Waals surface area contributed by atoms with Gasteiger partial charge in [-0.3, -0.25) is 4.79 Å². The molecule has 0 bridgehead atoms. The lowest BCUT2D eigenvalue weighted by Crippen LogP contribution is -2.34. The average Bonchev–Trinajstić information content (AvgIpc) is 3.04. The Morgan fingerprint density at radius 3 is 2.95 bits per heavy atom. The van der Waals surface area contributed by atoms with E-state index in [2.05, 4.69) is 31.1 Å². The Kier molecular flexibility index (Phi) is 3.67. The first-order valence-electron chi connectivity index (χ1n) is 6.50. The number of rotatable bonds is 3. The van der Waals surface area contributed by atoms with E-state index in [1.165, 1.54) is 0 Å². The van der Waals surface area contributed by atoms with Gasteiger partial charge in [-0.2, -0.15) is 0 Å². The maximum absolute atomic E-state index is 12.0. The van der Waals surface area contributed by atoms with Crippen molar-refractivity contribution in [2.24, 2.45) is 5.92 Å². The fraction of sp³-hybridized carbons (Fsp3) is 0.538. The number of aromatic nitrogens is 1. The monoisotopic (exact) mass is 343 g/mol. The van der Waals surface area contributed by atoms with E-state index in [0.717, 1.165) is 42.6 Å². The molecule has 1 saturated heterocycles. The molecule has 1 aliphatic heterocycles. The zero-order chi connectivity index (χ0) is 13.4. The summed E-state index contributed by atoms with van der Waals surface area (Å²) < 4.78 is 0.878. The molecule has 2 aliphatic rings. The highest BCUT2D eigenvalue weighted by Crippen LogP contribution is 2.31. The summed E-state index contributed by atoms with van der Waals surface area (Å²) in [5, 5.41) is 3.68. The third-order valence-electron chi connectivity index (χ3n) is 3.57. The van der Waals surface area contributed by atoms with Crippen LogP contribution in [0.4, 0.5) is 5.82 Å². The van der Waals surface area contributed by atoms with Gasteiger partial charge < -0.3 is 10.2 Å². The van der Waals surface area contributed by atoms with Gasteiger partial charge in [0.25, 0.3) is 0 Å². The number of nitrogens with one attached hydrogen (secondary N) is 1. The van der Waals surface area contributed by atoms with Crippen molar-refractivity contribution in [3.05, 3.63) is 21.8 Å². The van der Waals surface area contributed by atoms with Crippen LogP contribution in [-0.4, -0.2) is 30.0 Å². The summed E-state index contributed by atoms with van der Waals surface area (Å²) in [6, 6.07) is 2.27. The van der Waals surface area contributed by atoms with Crippen LogP contribution < -0.4 is 10.2 Å². The highest BCUT2D eigenvalue weighted by molar-refractivity contribution is 9.10. The van der Waals surface area contributed by atoms with Gasteiger partial charge in [-0.15, -0.1) is 0 Å². The van der Waals surface area contributed by atoms with Gasteiger partial charge in [0.1, 0.15) is 5.82 Å². The summed E-state index contributed by atoms with van der Waals surface area (Å²) in [7, 11) is 0. The fourth-order valence-electron chi connectivity index (χ4n) is 2.35. The van der Waals surface area contributed by atoms with Gasteiger partial charge in [0.05, 0.1) is 15.4 Å². The highest BCUT2D eigenvalue weighted by atomic mass is 79.9. The van der Waals surface area contributed by atoms with Gasteiger partial charge in [0.2, 0.25) is 5.91 Å². The Balaban J connectivity index is 1.65. The van der Waals surface area contributed by atoms with Crippen LogP contribution in [0.2, 0.25) is 5.02 Å². The third kappa shape index (κ3) is 3.03. The zero-order valence-electron chi connectivity index (χ0n) is 10.4. The lowest BCUT2D eigenvalue weighted by atomic mass is 10.1. The van der Waals surface area contributed by atoms with Crippen molar-refractivity contribution >= 4 is 39.3 Å². The summed E-state index contributed by atoms with van der Waals surface area (Å²) in [6.45, 7) is 1.59. The van der Waals surface area contributed by atoms with Crippen molar-refractivity contribution in [3.63, 3.8) is 0 Å². The molecule has 1 amide bonds. The van der Waals surface area contributed by atoms with Crippen molar-refractivity contribution in [1.82, 2.24) is 10.3 Å². The second-order valence-corrected chi connectivity index (χ2v) is 6.46. The first kappa shape index (κ1) is 13.2. The van der Waals surface area contributed by atoms with E-state index in [1.807, 2.05) is 6.07 Å². The maximum atomic E-state index is 12.0. The number of pyridine rings is 1. The van der Waals surface area contributed by atoms with Gasteiger partial charge in [-0.05, 0) is 41.3 Å². The summed E-state index contributed by atoms with van der Waals surface area (Å²) in [6.07, 6.45) is 4.79. The van der Waals surface area contributed by atoms with Crippen LogP contribution in [0, 0.1) is 5.92 Å². The van der Waals surface area contributed by atoms with Gasteiger partial charge in [0, 0.05) is 25.3 Å². The molecule has 1 N–H and O–H groups in total. The molecule has 1 atom stereocenters. The molecule has 1 unspecified atom stereocenters. The smallest absolute Gasteiger partial charge is 0.225 e. The number of hydrogen-bond donors (Lipinski definition) is 1. The van der Waals surface area contributed by atoms with Gasteiger partial charge in [-0.1, -0.05) is 11.6 Å². The molecule has 1 saturated carbocycles. The molecule has 4 nitrogen and oxygen atoms in total. The number of carbonyl (C=O) groups excluding carboxylic acids is 1. The van der Waals surface area contributed by atoms with Crippen LogP contribution in [0.3, 0.4) is 0 Å². The van der Waals surface area contributed by atoms with Crippen LogP contribution >= 0.6 is 27.5 Å². The minimum Gasteiger partial charge on any atom is -0.355 e. The third-order valence-corrected chi connectivity index (χ3v) is 4.36. The Bertz CT molecular complexity index is 507. The van der Waals surface area contributed by atoms with Crippen molar-refractivity contribution in [2.75, 3.05) is 18.0 Å². The molecule has 1 aliphatic carbocycles. The van der Waals surface area contributed by atoms with E-state index in [-0.39, 0.29) is 11.8 Å². The molecule has 2 heterocycles. The molecule has 19 heavy (non-hydrogen) atoms. The number of hydrogen-bond acceptors (Lipinski definition) is 3. The molecule has 0 radical (unpaired) electrons. The summed E-state index contributed by atoms with van der Waals surface area (Å²) in [5.41, 5.74) is 0. The number of amides is 1. The average molecular weight is 345 g/mol. The Morgan fingerprint density at radius 1 is 1.47 bits per heavy atom. The van der Waals surface area contributed by atoms with E-state index >= 15 is 0 Å². The van der Waals surface area contributed by atoms with Gasteiger partial charge >= 0.3 is 0 Å². The standard InChI is InChI=1S/C13H15BrClN3O/c14-11-5-9(15)6-16-12(11)18-4-3-8(7-18)13(19)17-10-1-2-10/h5-6,8,10H,1-4,7H2,(H,17,19). The second kappa shape index (κ2) is 5.29. The first-order chi connectivity index (χ1) is 9.13. The molecular formula is C13H15BrClN3O. The van der Waals surface area contributed by atoms with Crippen LogP contribution in [0.5, 0.6) is 0 Å². The molecular weight excluding hydrogens is 330 g/mol. The lowest BCUT2D eigenvalue weighted by Gasteiger charge is -2.18. The minimum atomic E-state index is 0.0741. The minimum absolute atomic E-state index is 0.0741. The number of halogens is 2. The summed E-state index contributed by atoms with van der Waals surface area (Å²) >= 11 is 9.37. The van der Waals surface area contributed by atoms with Gasteiger partial charge in [0.15, 0.2) is 0 Å².